The molecule has 0 aliphatic carbocycles. The molecule has 5 heteroatoms. The number of urea groups is 1. The molecule has 0 spiro atoms. The lowest BCUT2D eigenvalue weighted by molar-refractivity contribution is 0.175. The van der Waals surface area contributed by atoms with E-state index >= 15 is 0 Å². The minimum atomic E-state index is -0.878. The number of para-hydroxylation sites is 1. The van der Waals surface area contributed by atoms with Crippen LogP contribution < -0.4 is 10.6 Å². The highest BCUT2D eigenvalue weighted by Crippen LogP contribution is 2.12. The van der Waals surface area contributed by atoms with Gasteiger partial charge in [-0.1, -0.05) is 30.3 Å². The van der Waals surface area contributed by atoms with E-state index in [4.69, 9.17) is 0 Å². The Hall–Kier alpha value is -2.40. The molecule has 1 atom stereocenters. The molecule has 3 N–H and O–H groups in total. The summed E-state index contributed by atoms with van der Waals surface area (Å²) in [5.41, 5.74) is 1.22. The molecule has 0 heterocycles. The van der Waals surface area contributed by atoms with E-state index in [1.165, 1.54) is 24.3 Å². The Morgan fingerprint density at radius 2 is 1.75 bits per heavy atom. The number of carbonyl (C=O) groups is 1. The number of amides is 2. The van der Waals surface area contributed by atoms with Gasteiger partial charge in [0, 0.05) is 12.2 Å². The number of anilines is 1. The monoisotopic (exact) mass is 274 g/mol. The summed E-state index contributed by atoms with van der Waals surface area (Å²) in [6.07, 6.45) is -0.878. The van der Waals surface area contributed by atoms with Gasteiger partial charge in [-0.2, -0.15) is 0 Å². The van der Waals surface area contributed by atoms with Gasteiger partial charge in [0.15, 0.2) is 0 Å². The summed E-state index contributed by atoms with van der Waals surface area (Å²) >= 11 is 0. The highest BCUT2D eigenvalue weighted by atomic mass is 19.1. The van der Waals surface area contributed by atoms with Crippen molar-refractivity contribution < 1.29 is 14.3 Å². The molecule has 2 aromatic rings. The average Bonchev–Trinajstić information content (AvgIpc) is 2.46. The average molecular weight is 274 g/mol. The largest absolute Gasteiger partial charge is 0.387 e. The van der Waals surface area contributed by atoms with Gasteiger partial charge in [-0.05, 0) is 29.8 Å². The van der Waals surface area contributed by atoms with Gasteiger partial charge in [0.1, 0.15) is 5.82 Å². The van der Waals surface area contributed by atoms with Gasteiger partial charge in [-0.15, -0.1) is 0 Å². The zero-order chi connectivity index (χ0) is 14.4. The maximum atomic E-state index is 12.7. The summed E-state index contributed by atoms with van der Waals surface area (Å²) in [4.78, 5) is 11.6. The maximum Gasteiger partial charge on any atom is 0.319 e. The predicted octanol–water partition coefficient (Wildman–Crippen LogP) is 2.68. The van der Waals surface area contributed by atoms with Crippen LogP contribution in [-0.2, 0) is 0 Å². The molecule has 104 valence electrons. The van der Waals surface area contributed by atoms with Gasteiger partial charge >= 0.3 is 6.03 Å². The Bertz CT molecular complexity index is 558. The topological polar surface area (TPSA) is 61.4 Å². The van der Waals surface area contributed by atoms with E-state index in [0.717, 1.165) is 0 Å². The SMILES string of the molecule is O=C(NC[C@@H](O)c1ccc(F)cc1)Nc1ccccc1. The van der Waals surface area contributed by atoms with Gasteiger partial charge in [-0.25, -0.2) is 9.18 Å². The summed E-state index contributed by atoms with van der Waals surface area (Å²) < 4.78 is 12.7. The number of nitrogens with one attached hydrogen (secondary N) is 2. The number of aliphatic hydroxyl groups is 1. The molecule has 2 rings (SSSR count). The molecule has 4 nitrogen and oxygen atoms in total. The van der Waals surface area contributed by atoms with Crippen LogP contribution in [0.5, 0.6) is 0 Å². The fourth-order valence-corrected chi connectivity index (χ4v) is 1.69. The quantitative estimate of drug-likeness (QED) is 0.802. The van der Waals surface area contributed by atoms with Crippen LogP contribution in [0.4, 0.5) is 14.9 Å². The van der Waals surface area contributed by atoms with Gasteiger partial charge in [0.25, 0.3) is 0 Å². The lowest BCUT2D eigenvalue weighted by atomic mass is 10.1. The molecule has 0 bridgehead atoms. The van der Waals surface area contributed by atoms with E-state index in [0.29, 0.717) is 11.3 Å². The molecule has 0 saturated carbocycles. The number of rotatable bonds is 4. The minimum Gasteiger partial charge on any atom is -0.387 e. The summed E-state index contributed by atoms with van der Waals surface area (Å²) in [6, 6.07) is 14.1. The first-order chi connectivity index (χ1) is 9.65. The number of hydrogen-bond acceptors (Lipinski definition) is 2. The Labute approximate surface area is 116 Å². The van der Waals surface area contributed by atoms with E-state index in [9.17, 15) is 14.3 Å². The Balaban J connectivity index is 1.82. The van der Waals surface area contributed by atoms with Crippen molar-refractivity contribution in [2.75, 3.05) is 11.9 Å². The summed E-state index contributed by atoms with van der Waals surface area (Å²) in [5, 5.41) is 15.0. The Kier molecular flexibility index (Phi) is 4.68. The molecule has 2 amide bonds. The van der Waals surface area contributed by atoms with Gasteiger partial charge in [-0.3, -0.25) is 0 Å². The van der Waals surface area contributed by atoms with E-state index < -0.39 is 12.1 Å². The molecule has 0 unspecified atom stereocenters. The number of aliphatic hydroxyl groups excluding tert-OH is 1. The van der Waals surface area contributed by atoms with Crippen molar-refractivity contribution in [2.24, 2.45) is 0 Å². The number of halogens is 1. The van der Waals surface area contributed by atoms with Crippen molar-refractivity contribution in [1.29, 1.82) is 0 Å². The van der Waals surface area contributed by atoms with Crippen LogP contribution in [0.1, 0.15) is 11.7 Å². The van der Waals surface area contributed by atoms with E-state index in [1.54, 1.807) is 12.1 Å². The van der Waals surface area contributed by atoms with Crippen molar-refractivity contribution in [3.05, 3.63) is 66.0 Å². The molecule has 0 saturated heterocycles. The van der Waals surface area contributed by atoms with E-state index in [1.807, 2.05) is 18.2 Å². The number of hydrogen-bond donors (Lipinski definition) is 3. The van der Waals surface area contributed by atoms with Crippen LogP contribution in [-0.4, -0.2) is 17.7 Å². The highest BCUT2D eigenvalue weighted by molar-refractivity contribution is 5.89. The van der Waals surface area contributed by atoms with Crippen LogP contribution in [0.3, 0.4) is 0 Å². The van der Waals surface area contributed by atoms with Crippen LogP contribution >= 0.6 is 0 Å². The van der Waals surface area contributed by atoms with Crippen molar-refractivity contribution >= 4 is 11.7 Å². The highest BCUT2D eigenvalue weighted by Gasteiger charge is 2.09. The summed E-state index contributed by atoms with van der Waals surface area (Å²) in [7, 11) is 0. The molecule has 0 radical (unpaired) electrons. The molecule has 20 heavy (non-hydrogen) atoms. The lowest BCUT2D eigenvalue weighted by Crippen LogP contribution is -2.32. The third kappa shape index (κ3) is 4.07. The third-order valence-corrected chi connectivity index (χ3v) is 2.74. The van der Waals surface area contributed by atoms with Crippen LogP contribution in [0.15, 0.2) is 54.6 Å². The van der Waals surface area contributed by atoms with Crippen LogP contribution in [0, 0.1) is 5.82 Å². The van der Waals surface area contributed by atoms with Crippen molar-refractivity contribution in [3.8, 4) is 0 Å². The van der Waals surface area contributed by atoms with Gasteiger partial charge in [0.2, 0.25) is 0 Å². The molecular formula is C15H15FN2O2. The molecule has 0 aliphatic heterocycles. The lowest BCUT2D eigenvalue weighted by Gasteiger charge is -2.13. The number of benzene rings is 2. The predicted molar refractivity (Wildman–Crippen MR) is 74.8 cm³/mol. The molecular weight excluding hydrogens is 259 g/mol. The van der Waals surface area contributed by atoms with Gasteiger partial charge < -0.3 is 15.7 Å². The van der Waals surface area contributed by atoms with Gasteiger partial charge in [0.05, 0.1) is 6.10 Å². The van der Waals surface area contributed by atoms with Crippen molar-refractivity contribution in [3.63, 3.8) is 0 Å². The standard InChI is InChI=1S/C15H15FN2O2/c16-12-8-6-11(7-9-12)14(19)10-17-15(20)18-13-4-2-1-3-5-13/h1-9,14,19H,10H2,(H2,17,18,20)/t14-/m1/s1. The second-order valence-corrected chi connectivity index (χ2v) is 4.27. The van der Waals surface area contributed by atoms with E-state index in [-0.39, 0.29) is 12.4 Å². The smallest absolute Gasteiger partial charge is 0.319 e. The second kappa shape index (κ2) is 6.68. The van der Waals surface area contributed by atoms with E-state index in [2.05, 4.69) is 10.6 Å². The first-order valence-electron chi connectivity index (χ1n) is 6.18. The summed E-state index contributed by atoms with van der Waals surface area (Å²) in [5.74, 6) is -0.365. The Morgan fingerprint density at radius 1 is 1.10 bits per heavy atom. The molecule has 0 fully saturated rings. The molecule has 0 aliphatic rings. The fraction of sp³-hybridized carbons (Fsp3) is 0.133. The first-order valence-corrected chi connectivity index (χ1v) is 6.18. The maximum absolute atomic E-state index is 12.7. The first kappa shape index (κ1) is 14.0. The van der Waals surface area contributed by atoms with Crippen LogP contribution in [0.2, 0.25) is 0 Å². The number of carbonyl (C=O) groups excluding carboxylic acids is 1. The van der Waals surface area contributed by atoms with Crippen LogP contribution in [0.25, 0.3) is 0 Å². The third-order valence-electron chi connectivity index (χ3n) is 2.74. The normalized spacial score (nSPS) is 11.7. The second-order valence-electron chi connectivity index (χ2n) is 4.27. The zero-order valence-electron chi connectivity index (χ0n) is 10.7. The van der Waals surface area contributed by atoms with Crippen molar-refractivity contribution in [1.82, 2.24) is 5.32 Å². The minimum absolute atomic E-state index is 0.0459. The Morgan fingerprint density at radius 3 is 2.40 bits per heavy atom. The summed E-state index contributed by atoms with van der Waals surface area (Å²) in [6.45, 7) is 0.0459. The fourth-order valence-electron chi connectivity index (χ4n) is 1.69. The zero-order valence-corrected chi connectivity index (χ0v) is 10.7. The molecule has 0 aromatic heterocycles. The molecule has 2 aromatic carbocycles. The van der Waals surface area contributed by atoms with Crippen molar-refractivity contribution in [2.45, 2.75) is 6.10 Å².